The van der Waals surface area contributed by atoms with Crippen LogP contribution in [0.1, 0.15) is 60.9 Å². The Morgan fingerprint density at radius 1 is 0.837 bits per heavy atom. The lowest BCUT2D eigenvalue weighted by Crippen LogP contribution is -2.26. The van der Waals surface area contributed by atoms with Crippen LogP contribution in [0.25, 0.3) is 10.8 Å². The number of anilines is 2. The Hall–Kier alpha value is -3.73. The summed E-state index contributed by atoms with van der Waals surface area (Å²) in [6, 6.07) is 16.3. The van der Waals surface area contributed by atoms with Gasteiger partial charge >= 0.3 is 12.1 Å². The fourth-order valence-corrected chi connectivity index (χ4v) is 4.72. The third kappa shape index (κ3) is 10.5. The molecule has 0 atom stereocenters. The molecule has 0 radical (unpaired) electrons. The van der Waals surface area contributed by atoms with Crippen molar-refractivity contribution in [2.75, 3.05) is 49.9 Å². The van der Waals surface area contributed by atoms with E-state index in [1.54, 1.807) is 0 Å². The number of carbonyl (C=O) groups excluding carboxylic acids is 2. The van der Waals surface area contributed by atoms with Gasteiger partial charge in [-0.15, -0.1) is 0 Å². The molecule has 1 aliphatic rings. The second kappa shape index (κ2) is 17.4. The maximum atomic E-state index is 15.0. The third-order valence-electron chi connectivity index (χ3n) is 7.43. The Morgan fingerprint density at radius 2 is 1.56 bits per heavy atom. The van der Waals surface area contributed by atoms with Crippen LogP contribution < -0.4 is 27.0 Å². The van der Waals surface area contributed by atoms with Gasteiger partial charge in [0, 0.05) is 6.54 Å². The summed E-state index contributed by atoms with van der Waals surface area (Å²) in [5, 5.41) is 14.6. The molecule has 1 saturated carbocycles. The van der Waals surface area contributed by atoms with Gasteiger partial charge in [-0.25, -0.2) is 14.0 Å². The van der Waals surface area contributed by atoms with Crippen LogP contribution in [-0.2, 0) is 16.1 Å². The smallest absolute Gasteiger partial charge is 0.411 e. The summed E-state index contributed by atoms with van der Waals surface area (Å²) in [6.45, 7) is 4.91. The standard InChI is InChI=1S/C33H44FN5O4/c34-29-21-28(32(40)43-27-10-5-11-27)30(22-31(29)38-19-7-18-37-16-4-3-15-36-17-6-14-35)39-33(41)42-23-24-12-13-25-8-1-2-9-26(25)20-24/h1-2,8-9,12-13,20-22,27,36-38H,3-7,10-11,14-19,23,35H2,(H,39,41). The summed E-state index contributed by atoms with van der Waals surface area (Å²) in [7, 11) is 0. The highest BCUT2D eigenvalue weighted by atomic mass is 19.1. The number of rotatable bonds is 18. The predicted molar refractivity (Wildman–Crippen MR) is 169 cm³/mol. The highest BCUT2D eigenvalue weighted by Crippen LogP contribution is 2.29. The zero-order valence-electron chi connectivity index (χ0n) is 24.8. The second-order valence-electron chi connectivity index (χ2n) is 10.8. The lowest BCUT2D eigenvalue weighted by atomic mass is 9.96. The Morgan fingerprint density at radius 3 is 2.28 bits per heavy atom. The number of unbranched alkanes of at least 4 members (excludes halogenated alkanes) is 1. The zero-order valence-corrected chi connectivity index (χ0v) is 24.8. The van der Waals surface area contributed by atoms with E-state index in [0.29, 0.717) is 13.1 Å². The molecular weight excluding hydrogens is 549 g/mol. The van der Waals surface area contributed by atoms with E-state index >= 15 is 4.39 Å². The molecular formula is C33H44FN5O4. The average Bonchev–Trinajstić information content (AvgIpc) is 2.99. The monoisotopic (exact) mass is 593 g/mol. The van der Waals surface area contributed by atoms with Crippen LogP contribution in [0, 0.1) is 5.82 Å². The van der Waals surface area contributed by atoms with Crippen molar-refractivity contribution in [1.29, 1.82) is 0 Å². The van der Waals surface area contributed by atoms with Crippen molar-refractivity contribution in [3.63, 3.8) is 0 Å². The summed E-state index contributed by atoms with van der Waals surface area (Å²) in [5.41, 5.74) is 6.59. The lowest BCUT2D eigenvalue weighted by Gasteiger charge is -2.25. The molecule has 0 aromatic heterocycles. The number of halogens is 1. The van der Waals surface area contributed by atoms with Crippen LogP contribution in [0.15, 0.2) is 54.6 Å². The molecule has 43 heavy (non-hydrogen) atoms. The number of amides is 1. The summed E-state index contributed by atoms with van der Waals surface area (Å²) < 4.78 is 26.0. The Bertz CT molecular complexity index is 1330. The van der Waals surface area contributed by atoms with Gasteiger partial charge < -0.3 is 31.2 Å². The molecule has 0 saturated heterocycles. The normalized spacial score (nSPS) is 13.0. The number of carbonyl (C=O) groups is 2. The molecule has 1 fully saturated rings. The molecule has 0 bridgehead atoms. The summed E-state index contributed by atoms with van der Waals surface area (Å²) in [4.78, 5) is 25.6. The molecule has 0 heterocycles. The van der Waals surface area contributed by atoms with E-state index in [1.807, 2.05) is 42.5 Å². The highest BCUT2D eigenvalue weighted by molar-refractivity contribution is 6.00. The number of ether oxygens (including phenoxy) is 2. The number of hydrogen-bond donors (Lipinski definition) is 5. The molecule has 0 aliphatic heterocycles. The fourth-order valence-electron chi connectivity index (χ4n) is 4.72. The summed E-state index contributed by atoms with van der Waals surface area (Å²) in [5.74, 6) is -1.26. The predicted octanol–water partition coefficient (Wildman–Crippen LogP) is 5.55. The number of esters is 1. The van der Waals surface area contributed by atoms with E-state index in [1.165, 1.54) is 6.07 Å². The second-order valence-corrected chi connectivity index (χ2v) is 10.8. The first kappa shape index (κ1) is 32.2. The molecule has 3 aromatic carbocycles. The molecule has 1 amide bonds. The Balaban J connectivity index is 1.28. The molecule has 0 spiro atoms. The van der Waals surface area contributed by atoms with Crippen LogP contribution >= 0.6 is 0 Å². The van der Waals surface area contributed by atoms with Crippen molar-refractivity contribution >= 4 is 34.2 Å². The molecule has 6 N–H and O–H groups in total. The third-order valence-corrected chi connectivity index (χ3v) is 7.43. The maximum absolute atomic E-state index is 15.0. The van der Waals surface area contributed by atoms with Gasteiger partial charge in [-0.3, -0.25) is 5.32 Å². The first-order valence-corrected chi connectivity index (χ1v) is 15.3. The van der Waals surface area contributed by atoms with Crippen LogP contribution in [0.4, 0.5) is 20.6 Å². The van der Waals surface area contributed by atoms with Gasteiger partial charge in [0.1, 0.15) is 18.5 Å². The van der Waals surface area contributed by atoms with Crippen LogP contribution in [0.3, 0.4) is 0 Å². The minimum absolute atomic E-state index is 0.0443. The number of benzene rings is 3. The van der Waals surface area contributed by atoms with Gasteiger partial charge in [0.25, 0.3) is 0 Å². The van der Waals surface area contributed by atoms with Crippen LogP contribution in [0.2, 0.25) is 0 Å². The van der Waals surface area contributed by atoms with Crippen molar-refractivity contribution in [2.24, 2.45) is 5.73 Å². The zero-order chi connectivity index (χ0) is 30.3. The van der Waals surface area contributed by atoms with Gasteiger partial charge in [0.15, 0.2) is 0 Å². The molecule has 1 aliphatic carbocycles. The maximum Gasteiger partial charge on any atom is 0.411 e. The van der Waals surface area contributed by atoms with Crippen molar-refractivity contribution in [2.45, 2.75) is 57.7 Å². The van der Waals surface area contributed by atoms with E-state index in [4.69, 9.17) is 15.2 Å². The minimum Gasteiger partial charge on any atom is -0.459 e. The quantitative estimate of drug-likeness (QED) is 0.0961. The molecule has 3 aromatic rings. The van der Waals surface area contributed by atoms with E-state index in [-0.39, 0.29) is 29.6 Å². The lowest BCUT2D eigenvalue weighted by molar-refractivity contribution is 0.00908. The fraction of sp³-hybridized carbons (Fsp3) is 0.455. The van der Waals surface area contributed by atoms with E-state index in [0.717, 1.165) is 93.5 Å². The van der Waals surface area contributed by atoms with Gasteiger partial charge in [-0.2, -0.15) is 0 Å². The van der Waals surface area contributed by atoms with E-state index in [2.05, 4.69) is 21.3 Å². The minimum atomic E-state index is -0.748. The van der Waals surface area contributed by atoms with Gasteiger partial charge in [0.2, 0.25) is 0 Å². The molecule has 0 unspecified atom stereocenters. The molecule has 10 heteroatoms. The van der Waals surface area contributed by atoms with Gasteiger partial charge in [0.05, 0.1) is 16.9 Å². The van der Waals surface area contributed by atoms with E-state index < -0.39 is 17.9 Å². The number of hydrogen-bond acceptors (Lipinski definition) is 8. The van der Waals surface area contributed by atoms with Crippen molar-refractivity contribution in [3.05, 3.63) is 71.5 Å². The Labute approximate surface area is 253 Å². The summed E-state index contributed by atoms with van der Waals surface area (Å²) in [6.07, 6.45) is 5.56. The van der Waals surface area contributed by atoms with Crippen molar-refractivity contribution < 1.29 is 23.5 Å². The first-order valence-electron chi connectivity index (χ1n) is 15.3. The number of fused-ring (bicyclic) bond motifs is 1. The van der Waals surface area contributed by atoms with Gasteiger partial charge in [-0.05, 0) is 112 Å². The molecule has 4 rings (SSSR count). The number of nitrogens with two attached hydrogens (primary N) is 1. The van der Waals surface area contributed by atoms with Crippen LogP contribution in [-0.4, -0.2) is 57.4 Å². The highest BCUT2D eigenvalue weighted by Gasteiger charge is 2.25. The first-order chi connectivity index (χ1) is 21.0. The number of nitrogens with one attached hydrogen (secondary N) is 4. The van der Waals surface area contributed by atoms with Crippen LogP contribution in [0.5, 0.6) is 0 Å². The van der Waals surface area contributed by atoms with Gasteiger partial charge in [-0.1, -0.05) is 36.4 Å². The largest absolute Gasteiger partial charge is 0.459 e. The molecule has 9 nitrogen and oxygen atoms in total. The Kier molecular flexibility index (Phi) is 13.0. The average molecular weight is 594 g/mol. The molecule has 232 valence electrons. The SMILES string of the molecule is NCCCNCCCCNCCCNc1cc(NC(=O)OCc2ccc3ccccc3c2)c(C(=O)OC2CCC2)cc1F. The topological polar surface area (TPSA) is 127 Å². The van der Waals surface area contributed by atoms with Crippen molar-refractivity contribution in [3.8, 4) is 0 Å². The van der Waals surface area contributed by atoms with Crippen molar-refractivity contribution in [1.82, 2.24) is 10.6 Å². The summed E-state index contributed by atoms with van der Waals surface area (Å²) >= 11 is 0. The van der Waals surface area contributed by atoms with E-state index in [9.17, 15) is 9.59 Å².